The first-order chi connectivity index (χ1) is 6.24. The van der Waals surface area contributed by atoms with Crippen LogP contribution in [0.5, 0.6) is 0 Å². The van der Waals surface area contributed by atoms with E-state index < -0.39 is 5.91 Å². The zero-order valence-corrected chi connectivity index (χ0v) is 7.10. The molecule has 0 fully saturated rings. The monoisotopic (exact) mass is 180 g/mol. The molecule has 13 heavy (non-hydrogen) atoms. The molecule has 70 valence electrons. The predicted molar refractivity (Wildman–Crippen MR) is 47.9 cm³/mol. The summed E-state index contributed by atoms with van der Waals surface area (Å²) in [7, 11) is 0. The maximum Gasteiger partial charge on any atom is 0.245 e. The molecule has 4 N–H and O–H groups in total. The van der Waals surface area contributed by atoms with E-state index in [1.165, 1.54) is 0 Å². The van der Waals surface area contributed by atoms with Crippen LogP contribution in [0.25, 0.3) is 0 Å². The highest BCUT2D eigenvalue weighted by Crippen LogP contribution is 2.12. The highest BCUT2D eigenvalue weighted by atomic mass is 16.5. The standard InChI is InChI=1S/C9H12N2O2/c10-8(6-9(12)11-13)7-4-2-1-3-5-7/h1-5,8,13H,6,10H2,(H,11,12). The molecule has 0 bridgehead atoms. The molecule has 1 amide bonds. The molecule has 0 aliphatic heterocycles. The molecule has 1 aromatic rings. The third-order valence-corrected chi connectivity index (χ3v) is 1.76. The zero-order valence-electron chi connectivity index (χ0n) is 7.10. The van der Waals surface area contributed by atoms with E-state index in [9.17, 15) is 4.79 Å². The van der Waals surface area contributed by atoms with E-state index >= 15 is 0 Å². The second-order valence-corrected chi connectivity index (χ2v) is 2.76. The maximum atomic E-state index is 10.8. The van der Waals surface area contributed by atoms with Gasteiger partial charge >= 0.3 is 0 Å². The summed E-state index contributed by atoms with van der Waals surface area (Å²) in [5.41, 5.74) is 8.13. The van der Waals surface area contributed by atoms with Crippen LogP contribution in [0.1, 0.15) is 18.0 Å². The fourth-order valence-corrected chi connectivity index (χ4v) is 1.06. The smallest absolute Gasteiger partial charge is 0.245 e. The normalized spacial score (nSPS) is 12.2. The Hall–Kier alpha value is -1.39. The highest BCUT2D eigenvalue weighted by molar-refractivity contribution is 5.75. The lowest BCUT2D eigenvalue weighted by molar-refractivity contribution is -0.129. The number of hydrogen-bond acceptors (Lipinski definition) is 3. The fourth-order valence-electron chi connectivity index (χ4n) is 1.06. The van der Waals surface area contributed by atoms with Crippen LogP contribution >= 0.6 is 0 Å². The molecule has 0 aliphatic rings. The van der Waals surface area contributed by atoms with Gasteiger partial charge in [-0.15, -0.1) is 0 Å². The van der Waals surface area contributed by atoms with Crippen LogP contribution in [0.4, 0.5) is 0 Å². The number of nitrogens with two attached hydrogens (primary N) is 1. The summed E-state index contributed by atoms with van der Waals surface area (Å²) in [5, 5.41) is 8.28. The van der Waals surface area contributed by atoms with Gasteiger partial charge in [0.15, 0.2) is 0 Å². The van der Waals surface area contributed by atoms with Gasteiger partial charge in [-0.3, -0.25) is 10.0 Å². The van der Waals surface area contributed by atoms with Crippen molar-refractivity contribution in [2.75, 3.05) is 0 Å². The minimum Gasteiger partial charge on any atom is -0.324 e. The maximum absolute atomic E-state index is 10.8. The van der Waals surface area contributed by atoms with E-state index in [1.54, 1.807) is 5.48 Å². The van der Waals surface area contributed by atoms with Crippen molar-refractivity contribution in [2.24, 2.45) is 5.73 Å². The number of hydroxylamine groups is 1. The summed E-state index contributed by atoms with van der Waals surface area (Å²) in [6.07, 6.45) is 0.0838. The molecule has 1 unspecified atom stereocenters. The molecule has 0 aliphatic carbocycles. The summed E-state index contributed by atoms with van der Waals surface area (Å²) < 4.78 is 0. The van der Waals surface area contributed by atoms with Crippen LogP contribution in [0.15, 0.2) is 30.3 Å². The summed E-state index contributed by atoms with van der Waals surface area (Å²) in [5.74, 6) is -0.476. The minimum absolute atomic E-state index is 0.0838. The van der Waals surface area contributed by atoms with Gasteiger partial charge < -0.3 is 5.73 Å². The number of benzene rings is 1. The van der Waals surface area contributed by atoms with Crippen molar-refractivity contribution < 1.29 is 10.0 Å². The Morgan fingerprint density at radius 1 is 1.46 bits per heavy atom. The van der Waals surface area contributed by atoms with Gasteiger partial charge in [-0.1, -0.05) is 30.3 Å². The van der Waals surface area contributed by atoms with Crippen LogP contribution in [-0.2, 0) is 4.79 Å². The van der Waals surface area contributed by atoms with Gasteiger partial charge in [0.1, 0.15) is 0 Å². The highest BCUT2D eigenvalue weighted by Gasteiger charge is 2.09. The summed E-state index contributed by atoms with van der Waals surface area (Å²) in [6, 6.07) is 8.90. The molecule has 1 atom stereocenters. The Balaban J connectivity index is 2.59. The minimum atomic E-state index is -0.476. The lowest BCUT2D eigenvalue weighted by atomic mass is 10.1. The number of hydrogen-bond donors (Lipinski definition) is 3. The van der Waals surface area contributed by atoms with Crippen LogP contribution in [0, 0.1) is 0 Å². The Kier molecular flexibility index (Phi) is 3.42. The molecule has 0 spiro atoms. The molecular weight excluding hydrogens is 168 g/mol. The number of amides is 1. The van der Waals surface area contributed by atoms with Gasteiger partial charge in [-0.25, -0.2) is 5.48 Å². The van der Waals surface area contributed by atoms with Crippen molar-refractivity contribution in [1.29, 1.82) is 0 Å². The molecular formula is C9H12N2O2. The van der Waals surface area contributed by atoms with Crippen LogP contribution in [0.3, 0.4) is 0 Å². The van der Waals surface area contributed by atoms with Crippen molar-refractivity contribution >= 4 is 5.91 Å². The van der Waals surface area contributed by atoms with Crippen molar-refractivity contribution in [2.45, 2.75) is 12.5 Å². The quantitative estimate of drug-likeness (QED) is 0.470. The fraction of sp³-hybridized carbons (Fsp3) is 0.222. The number of carbonyl (C=O) groups is 1. The Labute approximate surface area is 76.3 Å². The average molecular weight is 180 g/mol. The van der Waals surface area contributed by atoms with Crippen molar-refractivity contribution in [3.63, 3.8) is 0 Å². The largest absolute Gasteiger partial charge is 0.324 e. The predicted octanol–water partition coefficient (Wildman–Crippen LogP) is 0.582. The van der Waals surface area contributed by atoms with Gasteiger partial charge in [-0.05, 0) is 5.56 Å². The average Bonchev–Trinajstić information content (AvgIpc) is 2.19. The summed E-state index contributed by atoms with van der Waals surface area (Å²) in [4.78, 5) is 10.8. The lowest BCUT2D eigenvalue weighted by Crippen LogP contribution is -2.24. The van der Waals surface area contributed by atoms with Crippen molar-refractivity contribution in [3.05, 3.63) is 35.9 Å². The van der Waals surface area contributed by atoms with Gasteiger partial charge in [-0.2, -0.15) is 0 Å². The molecule has 0 aromatic heterocycles. The SMILES string of the molecule is NC(CC(=O)NO)c1ccccc1. The molecule has 4 heteroatoms. The van der Waals surface area contributed by atoms with Crippen molar-refractivity contribution in [3.8, 4) is 0 Å². The van der Waals surface area contributed by atoms with Gasteiger partial charge in [0.25, 0.3) is 0 Å². The molecule has 0 heterocycles. The first-order valence-electron chi connectivity index (χ1n) is 3.97. The molecule has 0 radical (unpaired) electrons. The lowest BCUT2D eigenvalue weighted by Gasteiger charge is -2.09. The van der Waals surface area contributed by atoms with Gasteiger partial charge in [0.2, 0.25) is 5.91 Å². The third kappa shape index (κ3) is 2.85. The van der Waals surface area contributed by atoms with Crippen LogP contribution in [-0.4, -0.2) is 11.1 Å². The summed E-state index contributed by atoms with van der Waals surface area (Å²) >= 11 is 0. The van der Waals surface area contributed by atoms with Crippen LogP contribution < -0.4 is 11.2 Å². The van der Waals surface area contributed by atoms with E-state index in [4.69, 9.17) is 10.9 Å². The summed E-state index contributed by atoms with van der Waals surface area (Å²) in [6.45, 7) is 0. The van der Waals surface area contributed by atoms with E-state index in [-0.39, 0.29) is 12.5 Å². The molecule has 1 aromatic carbocycles. The van der Waals surface area contributed by atoms with E-state index in [0.29, 0.717) is 0 Å². The van der Waals surface area contributed by atoms with Gasteiger partial charge in [0.05, 0.1) is 0 Å². The molecule has 1 rings (SSSR count). The first-order valence-corrected chi connectivity index (χ1v) is 3.97. The van der Waals surface area contributed by atoms with Crippen LogP contribution in [0.2, 0.25) is 0 Å². The third-order valence-electron chi connectivity index (χ3n) is 1.76. The number of rotatable bonds is 3. The van der Waals surface area contributed by atoms with E-state index in [1.807, 2.05) is 30.3 Å². The number of nitrogens with one attached hydrogen (secondary N) is 1. The number of carbonyl (C=O) groups excluding carboxylic acids is 1. The topological polar surface area (TPSA) is 75.4 Å². The Bertz CT molecular complexity index is 274. The Morgan fingerprint density at radius 2 is 2.08 bits per heavy atom. The zero-order chi connectivity index (χ0) is 9.68. The first kappa shape index (κ1) is 9.70. The second-order valence-electron chi connectivity index (χ2n) is 2.76. The van der Waals surface area contributed by atoms with Gasteiger partial charge in [0, 0.05) is 12.5 Å². The van der Waals surface area contributed by atoms with Crippen molar-refractivity contribution in [1.82, 2.24) is 5.48 Å². The molecule has 0 saturated heterocycles. The Morgan fingerprint density at radius 3 is 2.62 bits per heavy atom. The molecule has 0 saturated carbocycles. The molecule has 4 nitrogen and oxygen atoms in total. The van der Waals surface area contributed by atoms with E-state index in [0.717, 1.165) is 5.56 Å². The van der Waals surface area contributed by atoms with E-state index in [2.05, 4.69) is 0 Å². The second kappa shape index (κ2) is 4.59.